The molecule has 0 saturated carbocycles. The number of carbonyl (C=O) groups excluding carboxylic acids is 1. The fourth-order valence-corrected chi connectivity index (χ4v) is 3.23. The number of thiazole rings is 1. The Hall–Kier alpha value is -1.40. The Morgan fingerprint density at radius 2 is 2.50 bits per heavy atom. The fraction of sp³-hybridized carbons (Fsp3) is 0.500. The van der Waals surface area contributed by atoms with Crippen molar-refractivity contribution >= 4 is 22.1 Å². The van der Waals surface area contributed by atoms with Gasteiger partial charge in [0.25, 0.3) is 5.91 Å². The molecule has 2 N–H and O–H groups in total. The highest BCUT2D eigenvalue weighted by molar-refractivity contribution is 7.15. The number of rotatable bonds is 2. The zero-order valence-electron chi connectivity index (χ0n) is 10.3. The molecule has 2 aromatic heterocycles. The van der Waals surface area contributed by atoms with Crippen molar-refractivity contribution in [2.24, 2.45) is 11.1 Å². The van der Waals surface area contributed by atoms with Gasteiger partial charge in [-0.1, -0.05) is 6.92 Å². The van der Waals surface area contributed by atoms with Gasteiger partial charge in [-0.15, -0.1) is 11.3 Å². The first-order valence-corrected chi connectivity index (χ1v) is 6.90. The molecule has 0 aromatic carbocycles. The van der Waals surface area contributed by atoms with E-state index < -0.39 is 0 Å². The van der Waals surface area contributed by atoms with E-state index in [0.29, 0.717) is 12.2 Å². The van der Waals surface area contributed by atoms with E-state index in [1.54, 1.807) is 23.9 Å². The second-order valence-electron chi connectivity index (χ2n) is 5.21. The largest absolute Gasteiger partial charge is 0.337 e. The number of hydrogen-bond donors (Lipinski definition) is 1. The van der Waals surface area contributed by atoms with Crippen LogP contribution in [0.3, 0.4) is 0 Å². The lowest BCUT2D eigenvalue weighted by atomic mass is 9.90. The molecule has 1 aliphatic heterocycles. The Bertz CT molecular complexity index is 590. The summed E-state index contributed by atoms with van der Waals surface area (Å²) >= 11 is 1.54. The lowest BCUT2D eigenvalue weighted by molar-refractivity contribution is 0.0770. The van der Waals surface area contributed by atoms with Gasteiger partial charge in [0.15, 0.2) is 0 Å². The number of hydrogen-bond acceptors (Lipinski definition) is 4. The quantitative estimate of drug-likeness (QED) is 0.886. The number of likely N-dealkylation sites (tertiary alicyclic amines) is 1. The number of carbonyl (C=O) groups is 1. The summed E-state index contributed by atoms with van der Waals surface area (Å²) in [4.78, 5) is 19.4. The summed E-state index contributed by atoms with van der Waals surface area (Å²) in [5, 5.41) is 1.90. The van der Waals surface area contributed by atoms with Crippen molar-refractivity contribution in [1.29, 1.82) is 0 Å². The Balaban J connectivity index is 1.86. The van der Waals surface area contributed by atoms with Gasteiger partial charge >= 0.3 is 0 Å². The van der Waals surface area contributed by atoms with Crippen molar-refractivity contribution in [3.8, 4) is 0 Å². The van der Waals surface area contributed by atoms with Gasteiger partial charge in [0.05, 0.1) is 6.20 Å². The molecule has 1 unspecified atom stereocenters. The van der Waals surface area contributed by atoms with Crippen LogP contribution in [0.1, 0.15) is 23.8 Å². The second kappa shape index (κ2) is 4.07. The van der Waals surface area contributed by atoms with E-state index in [2.05, 4.69) is 11.9 Å². The van der Waals surface area contributed by atoms with Crippen LogP contribution in [0.15, 0.2) is 17.9 Å². The standard InChI is InChI=1S/C12H16N4OS/c1-12(6-13)2-3-15(7-12)11(17)9-5-18-10-4-14-8-16(9)10/h4-5,8H,2-3,6-7,13H2,1H3. The van der Waals surface area contributed by atoms with Crippen molar-refractivity contribution in [3.63, 3.8) is 0 Å². The first-order chi connectivity index (χ1) is 8.63. The number of amides is 1. The third kappa shape index (κ3) is 1.72. The Kier molecular flexibility index (Phi) is 2.64. The predicted molar refractivity (Wildman–Crippen MR) is 70.8 cm³/mol. The van der Waals surface area contributed by atoms with Crippen LogP contribution >= 0.6 is 11.3 Å². The lowest BCUT2D eigenvalue weighted by Crippen LogP contribution is -2.34. The van der Waals surface area contributed by atoms with Crippen molar-refractivity contribution in [2.75, 3.05) is 19.6 Å². The maximum atomic E-state index is 12.5. The van der Waals surface area contributed by atoms with Crippen LogP contribution in [0.4, 0.5) is 0 Å². The summed E-state index contributed by atoms with van der Waals surface area (Å²) in [6.45, 7) is 4.30. The van der Waals surface area contributed by atoms with Gasteiger partial charge in [0.2, 0.25) is 0 Å². The fourth-order valence-electron chi connectivity index (χ4n) is 2.40. The summed E-state index contributed by atoms with van der Waals surface area (Å²) in [6, 6.07) is 0. The van der Waals surface area contributed by atoms with Crippen LogP contribution in [0.25, 0.3) is 4.83 Å². The van der Waals surface area contributed by atoms with E-state index in [1.165, 1.54) is 0 Å². The Morgan fingerprint density at radius 1 is 1.67 bits per heavy atom. The zero-order chi connectivity index (χ0) is 12.8. The molecule has 1 atom stereocenters. The van der Waals surface area contributed by atoms with Crippen molar-refractivity contribution in [1.82, 2.24) is 14.3 Å². The monoisotopic (exact) mass is 264 g/mol. The van der Waals surface area contributed by atoms with Crippen molar-refractivity contribution in [3.05, 3.63) is 23.6 Å². The maximum Gasteiger partial charge on any atom is 0.271 e. The molecule has 0 spiro atoms. The van der Waals surface area contributed by atoms with Gasteiger partial charge in [-0.3, -0.25) is 9.20 Å². The highest BCUT2D eigenvalue weighted by Gasteiger charge is 2.35. The summed E-state index contributed by atoms with van der Waals surface area (Å²) < 4.78 is 1.85. The maximum absolute atomic E-state index is 12.5. The van der Waals surface area contributed by atoms with E-state index in [9.17, 15) is 4.79 Å². The first kappa shape index (κ1) is 11.7. The smallest absolute Gasteiger partial charge is 0.271 e. The van der Waals surface area contributed by atoms with E-state index >= 15 is 0 Å². The van der Waals surface area contributed by atoms with E-state index in [1.807, 2.05) is 14.7 Å². The summed E-state index contributed by atoms with van der Waals surface area (Å²) in [6.07, 6.45) is 4.44. The molecule has 0 aliphatic carbocycles. The minimum atomic E-state index is 0.0692. The second-order valence-corrected chi connectivity index (χ2v) is 6.10. The van der Waals surface area contributed by atoms with Crippen molar-refractivity contribution < 1.29 is 4.79 Å². The number of nitrogens with two attached hydrogens (primary N) is 1. The average molecular weight is 264 g/mol. The third-order valence-corrected chi connectivity index (χ3v) is 4.60. The van der Waals surface area contributed by atoms with Crippen LogP contribution in [0.2, 0.25) is 0 Å². The molecule has 1 fully saturated rings. The normalized spacial score (nSPS) is 24.0. The Morgan fingerprint density at radius 3 is 3.22 bits per heavy atom. The summed E-state index contributed by atoms with van der Waals surface area (Å²) in [7, 11) is 0. The van der Waals surface area contributed by atoms with Crippen LogP contribution in [0.5, 0.6) is 0 Å². The number of aromatic nitrogens is 2. The van der Waals surface area contributed by atoms with Gasteiger partial charge < -0.3 is 10.6 Å². The number of fused-ring (bicyclic) bond motifs is 1. The topological polar surface area (TPSA) is 63.6 Å². The van der Waals surface area contributed by atoms with E-state index in [-0.39, 0.29) is 11.3 Å². The SMILES string of the molecule is CC1(CN)CCN(C(=O)c2csc3cncn23)C1. The van der Waals surface area contributed by atoms with Crippen LogP contribution in [0, 0.1) is 5.41 Å². The minimum Gasteiger partial charge on any atom is -0.337 e. The number of nitrogens with zero attached hydrogens (tertiary/aromatic N) is 3. The lowest BCUT2D eigenvalue weighted by Gasteiger charge is -2.22. The van der Waals surface area contributed by atoms with E-state index in [4.69, 9.17) is 5.73 Å². The number of imidazole rings is 1. The van der Waals surface area contributed by atoms with Crippen molar-refractivity contribution in [2.45, 2.75) is 13.3 Å². The molecule has 5 nitrogen and oxygen atoms in total. The highest BCUT2D eigenvalue weighted by Crippen LogP contribution is 2.30. The Labute approximate surface area is 109 Å². The molecular formula is C12H16N4OS. The van der Waals surface area contributed by atoms with E-state index in [0.717, 1.165) is 24.3 Å². The van der Waals surface area contributed by atoms with Gasteiger partial charge in [-0.05, 0) is 18.4 Å². The van der Waals surface area contributed by atoms with Crippen LogP contribution in [-0.2, 0) is 0 Å². The average Bonchev–Trinajstić information content (AvgIpc) is 3.02. The highest BCUT2D eigenvalue weighted by atomic mass is 32.1. The first-order valence-electron chi connectivity index (χ1n) is 6.02. The molecule has 18 heavy (non-hydrogen) atoms. The molecule has 6 heteroatoms. The third-order valence-electron chi connectivity index (χ3n) is 3.71. The molecule has 1 aliphatic rings. The van der Waals surface area contributed by atoms with Crippen LogP contribution < -0.4 is 5.73 Å². The molecular weight excluding hydrogens is 248 g/mol. The predicted octanol–water partition coefficient (Wildman–Crippen LogP) is 1.21. The van der Waals surface area contributed by atoms with Gasteiger partial charge in [-0.2, -0.15) is 0 Å². The summed E-state index contributed by atoms with van der Waals surface area (Å²) in [5.74, 6) is 0.0800. The minimum absolute atomic E-state index is 0.0692. The molecule has 1 saturated heterocycles. The van der Waals surface area contributed by atoms with Gasteiger partial charge in [-0.25, -0.2) is 4.98 Å². The van der Waals surface area contributed by atoms with Crippen LogP contribution in [-0.4, -0.2) is 39.8 Å². The molecule has 96 valence electrons. The van der Waals surface area contributed by atoms with Gasteiger partial charge in [0.1, 0.15) is 16.9 Å². The molecule has 1 amide bonds. The molecule has 0 radical (unpaired) electrons. The summed E-state index contributed by atoms with van der Waals surface area (Å²) in [5.41, 5.74) is 6.54. The molecule has 3 rings (SSSR count). The van der Waals surface area contributed by atoms with Gasteiger partial charge in [0, 0.05) is 18.5 Å². The molecule has 2 aromatic rings. The molecule has 0 bridgehead atoms. The molecule has 3 heterocycles. The zero-order valence-corrected chi connectivity index (χ0v) is 11.1.